The molecule has 144 valence electrons. The van der Waals surface area contributed by atoms with Crippen molar-refractivity contribution >= 4 is 5.78 Å². The number of rotatable bonds is 4. The predicted molar refractivity (Wildman–Crippen MR) is 96.0 cm³/mol. The van der Waals surface area contributed by atoms with E-state index in [0.29, 0.717) is 16.3 Å². The van der Waals surface area contributed by atoms with E-state index in [4.69, 9.17) is 0 Å². The van der Waals surface area contributed by atoms with Crippen LogP contribution in [0, 0.1) is 13.8 Å². The van der Waals surface area contributed by atoms with Gasteiger partial charge in [-0.3, -0.25) is 4.68 Å². The van der Waals surface area contributed by atoms with Crippen LogP contribution in [0.15, 0.2) is 24.5 Å². The van der Waals surface area contributed by atoms with Gasteiger partial charge in [0.2, 0.25) is 5.82 Å². The molecule has 1 saturated carbocycles. The first-order valence-corrected chi connectivity index (χ1v) is 8.98. The standard InChI is InChI=1S/C18H18F2N8/c1-9-4-10(2)28-18(22-9)23-16(25-28)15-6-14(24-26(15)3)13-5-12(13)11-7-21-27(8-11)17(19)20/h4,6-8,12-13,17H,5H2,1-3H3/t12?,13-/m1/s1. The minimum Gasteiger partial charge on any atom is -0.264 e. The Hall–Kier alpha value is -3.17. The first-order chi connectivity index (χ1) is 13.4. The summed E-state index contributed by atoms with van der Waals surface area (Å²) in [6, 6.07) is 3.92. The molecule has 2 atom stereocenters. The van der Waals surface area contributed by atoms with E-state index in [0.717, 1.165) is 34.8 Å². The Labute approximate surface area is 158 Å². The molecule has 1 fully saturated rings. The van der Waals surface area contributed by atoms with Gasteiger partial charge in [0, 0.05) is 30.6 Å². The Morgan fingerprint density at radius 2 is 1.93 bits per heavy atom. The zero-order chi connectivity index (χ0) is 19.6. The van der Waals surface area contributed by atoms with E-state index in [-0.39, 0.29) is 11.8 Å². The molecule has 1 aliphatic rings. The quantitative estimate of drug-likeness (QED) is 0.540. The molecular weight excluding hydrogens is 366 g/mol. The summed E-state index contributed by atoms with van der Waals surface area (Å²) in [5.74, 6) is 1.47. The Morgan fingerprint density at radius 1 is 1.11 bits per heavy atom. The van der Waals surface area contributed by atoms with Crippen LogP contribution in [0.5, 0.6) is 0 Å². The molecule has 0 amide bonds. The lowest BCUT2D eigenvalue weighted by molar-refractivity contribution is 0.0565. The lowest BCUT2D eigenvalue weighted by Crippen LogP contribution is -1.98. The summed E-state index contributed by atoms with van der Waals surface area (Å²) in [6.45, 7) is 1.27. The molecule has 28 heavy (non-hydrogen) atoms. The van der Waals surface area contributed by atoms with Gasteiger partial charge in [0.05, 0.1) is 11.9 Å². The lowest BCUT2D eigenvalue weighted by atomic mass is 10.1. The maximum absolute atomic E-state index is 12.7. The summed E-state index contributed by atoms with van der Waals surface area (Å²) < 4.78 is 29.6. The van der Waals surface area contributed by atoms with Crippen molar-refractivity contribution in [3.8, 4) is 11.5 Å². The number of aromatic nitrogens is 8. The monoisotopic (exact) mass is 384 g/mol. The van der Waals surface area contributed by atoms with Crippen molar-refractivity contribution in [2.75, 3.05) is 0 Å². The second kappa shape index (κ2) is 5.91. The van der Waals surface area contributed by atoms with Crippen LogP contribution in [0.1, 0.15) is 47.5 Å². The zero-order valence-corrected chi connectivity index (χ0v) is 15.6. The van der Waals surface area contributed by atoms with Gasteiger partial charge in [-0.25, -0.2) is 14.2 Å². The Kier molecular flexibility index (Phi) is 3.58. The van der Waals surface area contributed by atoms with Crippen molar-refractivity contribution in [1.82, 2.24) is 39.1 Å². The third-order valence-corrected chi connectivity index (χ3v) is 5.17. The third-order valence-electron chi connectivity index (χ3n) is 5.17. The summed E-state index contributed by atoms with van der Waals surface area (Å²) in [4.78, 5) is 8.97. The van der Waals surface area contributed by atoms with Crippen molar-refractivity contribution < 1.29 is 8.78 Å². The van der Waals surface area contributed by atoms with Gasteiger partial charge in [0.1, 0.15) is 5.69 Å². The van der Waals surface area contributed by atoms with Gasteiger partial charge in [0.25, 0.3) is 5.78 Å². The molecule has 4 aromatic heterocycles. The highest BCUT2D eigenvalue weighted by molar-refractivity contribution is 5.54. The van der Waals surface area contributed by atoms with Gasteiger partial charge in [-0.15, -0.1) is 5.10 Å². The Morgan fingerprint density at radius 3 is 2.68 bits per heavy atom. The van der Waals surface area contributed by atoms with Gasteiger partial charge in [-0.1, -0.05) is 0 Å². The van der Waals surface area contributed by atoms with Crippen LogP contribution >= 0.6 is 0 Å². The van der Waals surface area contributed by atoms with E-state index < -0.39 is 6.55 Å². The fourth-order valence-electron chi connectivity index (χ4n) is 3.70. The highest BCUT2D eigenvalue weighted by Crippen LogP contribution is 2.54. The molecular formula is C18H18F2N8. The maximum atomic E-state index is 12.7. The van der Waals surface area contributed by atoms with Crippen LogP contribution in [0.2, 0.25) is 0 Å². The van der Waals surface area contributed by atoms with E-state index in [2.05, 4.69) is 25.3 Å². The fourth-order valence-corrected chi connectivity index (χ4v) is 3.70. The van der Waals surface area contributed by atoms with E-state index in [1.54, 1.807) is 9.20 Å². The number of halogens is 2. The minimum atomic E-state index is -2.62. The molecule has 10 heteroatoms. The molecule has 1 aliphatic carbocycles. The average molecular weight is 384 g/mol. The molecule has 0 aromatic carbocycles. The number of hydrogen-bond acceptors (Lipinski definition) is 5. The molecule has 0 bridgehead atoms. The topological polar surface area (TPSA) is 78.7 Å². The normalized spacial score (nSPS) is 19.1. The van der Waals surface area contributed by atoms with Crippen LogP contribution in [-0.4, -0.2) is 39.1 Å². The number of aryl methyl sites for hydroxylation is 3. The molecule has 0 spiro atoms. The van der Waals surface area contributed by atoms with Gasteiger partial charge in [0.15, 0.2) is 0 Å². The number of hydrogen-bond donors (Lipinski definition) is 0. The second-order valence-corrected chi connectivity index (χ2v) is 7.24. The van der Waals surface area contributed by atoms with Crippen LogP contribution < -0.4 is 0 Å². The van der Waals surface area contributed by atoms with Gasteiger partial charge in [-0.05, 0) is 43.9 Å². The average Bonchev–Trinajstić information content (AvgIpc) is 3.00. The van der Waals surface area contributed by atoms with E-state index in [1.807, 2.05) is 33.0 Å². The van der Waals surface area contributed by atoms with E-state index in [1.165, 1.54) is 12.4 Å². The van der Waals surface area contributed by atoms with Gasteiger partial charge >= 0.3 is 6.55 Å². The van der Waals surface area contributed by atoms with E-state index >= 15 is 0 Å². The number of alkyl halides is 2. The molecule has 4 heterocycles. The van der Waals surface area contributed by atoms with Crippen LogP contribution in [-0.2, 0) is 7.05 Å². The Balaban J connectivity index is 1.44. The third kappa shape index (κ3) is 2.67. The largest absolute Gasteiger partial charge is 0.333 e. The molecule has 0 saturated heterocycles. The molecule has 8 nitrogen and oxygen atoms in total. The zero-order valence-electron chi connectivity index (χ0n) is 15.6. The summed E-state index contributed by atoms with van der Waals surface area (Å²) in [5, 5.41) is 12.9. The smallest absolute Gasteiger partial charge is 0.264 e. The van der Waals surface area contributed by atoms with Crippen molar-refractivity contribution in [3.63, 3.8) is 0 Å². The van der Waals surface area contributed by atoms with Crippen LogP contribution in [0.4, 0.5) is 8.78 Å². The van der Waals surface area contributed by atoms with Crippen molar-refractivity contribution in [2.45, 2.75) is 38.7 Å². The predicted octanol–water partition coefficient (Wildman–Crippen LogP) is 3.00. The van der Waals surface area contributed by atoms with Crippen molar-refractivity contribution in [3.05, 3.63) is 47.2 Å². The van der Waals surface area contributed by atoms with Gasteiger partial charge in [-0.2, -0.15) is 24.0 Å². The van der Waals surface area contributed by atoms with Crippen molar-refractivity contribution in [1.29, 1.82) is 0 Å². The summed E-state index contributed by atoms with van der Waals surface area (Å²) in [5.41, 5.74) is 4.37. The molecule has 5 rings (SSSR count). The maximum Gasteiger partial charge on any atom is 0.333 e. The number of nitrogens with zero attached hydrogens (tertiary/aromatic N) is 8. The van der Waals surface area contributed by atoms with Crippen LogP contribution in [0.25, 0.3) is 17.3 Å². The Bertz CT molecular complexity index is 1190. The summed E-state index contributed by atoms with van der Waals surface area (Å²) in [6.07, 6.45) is 3.80. The second-order valence-electron chi connectivity index (χ2n) is 7.24. The molecule has 0 radical (unpaired) electrons. The first-order valence-electron chi connectivity index (χ1n) is 8.98. The van der Waals surface area contributed by atoms with Crippen LogP contribution in [0.3, 0.4) is 0 Å². The summed E-state index contributed by atoms with van der Waals surface area (Å²) >= 11 is 0. The molecule has 0 N–H and O–H groups in total. The minimum absolute atomic E-state index is 0.163. The SMILES string of the molecule is Cc1cc(C)n2nc(-c3cc([C@@H]4CC4c4cnn(C(F)F)c4)nn3C)nc2n1. The molecule has 1 unspecified atom stereocenters. The highest BCUT2D eigenvalue weighted by atomic mass is 19.3. The number of fused-ring (bicyclic) bond motifs is 1. The lowest BCUT2D eigenvalue weighted by Gasteiger charge is -1.97. The first kappa shape index (κ1) is 17.0. The molecule has 4 aromatic rings. The molecule has 0 aliphatic heterocycles. The van der Waals surface area contributed by atoms with Crippen molar-refractivity contribution in [2.24, 2.45) is 7.05 Å². The van der Waals surface area contributed by atoms with Gasteiger partial charge < -0.3 is 0 Å². The summed E-state index contributed by atoms with van der Waals surface area (Å²) in [7, 11) is 1.85. The fraction of sp³-hybridized carbons (Fsp3) is 0.389. The van der Waals surface area contributed by atoms with E-state index in [9.17, 15) is 8.78 Å². The highest BCUT2D eigenvalue weighted by Gasteiger charge is 2.42.